The van der Waals surface area contributed by atoms with Gasteiger partial charge in [0, 0.05) is 0 Å². The molecule has 2 heteroatoms. The molecule has 2 nitrogen and oxygen atoms in total. The molecule has 0 saturated carbocycles. The van der Waals surface area contributed by atoms with Crippen molar-refractivity contribution in [2.45, 2.75) is 46.1 Å². The Morgan fingerprint density at radius 1 is 1.50 bits per heavy atom. The largest absolute Gasteiger partial charge is 0.459 e. The summed E-state index contributed by atoms with van der Waals surface area (Å²) in [6, 6.07) is 0. The molecule has 1 fully saturated rings. The summed E-state index contributed by atoms with van der Waals surface area (Å²) in [6.45, 7) is 8.09. The maximum atomic E-state index is 11.4. The molecule has 0 aromatic heterocycles. The average Bonchev–Trinajstić information content (AvgIpc) is 1.83. The van der Waals surface area contributed by atoms with Crippen LogP contribution in [-0.2, 0) is 9.53 Å². The van der Waals surface area contributed by atoms with Crippen molar-refractivity contribution < 1.29 is 9.53 Å². The predicted octanol–water partition coefficient (Wildman–Crippen LogP) is 2.37. The van der Waals surface area contributed by atoms with Crippen LogP contribution in [0.15, 0.2) is 0 Å². The second kappa shape index (κ2) is 3.08. The molecule has 1 rings (SSSR count). The van der Waals surface area contributed by atoms with Gasteiger partial charge >= 0.3 is 5.97 Å². The van der Waals surface area contributed by atoms with Gasteiger partial charge in [-0.15, -0.1) is 0 Å². The lowest BCUT2D eigenvalue weighted by Crippen LogP contribution is -2.39. The van der Waals surface area contributed by atoms with Crippen molar-refractivity contribution in [3.05, 3.63) is 0 Å². The van der Waals surface area contributed by atoms with Crippen LogP contribution < -0.4 is 0 Å². The van der Waals surface area contributed by atoms with Gasteiger partial charge in [-0.25, -0.2) is 0 Å². The summed E-state index contributed by atoms with van der Waals surface area (Å²) >= 11 is 0. The van der Waals surface area contributed by atoms with Crippen molar-refractivity contribution in [2.75, 3.05) is 0 Å². The van der Waals surface area contributed by atoms with Crippen LogP contribution in [0, 0.1) is 11.8 Å². The van der Waals surface area contributed by atoms with E-state index in [-0.39, 0.29) is 17.5 Å². The van der Waals surface area contributed by atoms with Crippen molar-refractivity contribution in [1.82, 2.24) is 0 Å². The van der Waals surface area contributed by atoms with Gasteiger partial charge in [-0.3, -0.25) is 4.79 Å². The van der Waals surface area contributed by atoms with Gasteiger partial charge < -0.3 is 4.74 Å². The second-order valence-electron chi connectivity index (χ2n) is 4.57. The minimum atomic E-state index is -0.234. The molecule has 0 amide bonds. The van der Waals surface area contributed by atoms with Gasteiger partial charge in [0.05, 0.1) is 5.92 Å². The van der Waals surface area contributed by atoms with E-state index in [4.69, 9.17) is 4.74 Å². The fourth-order valence-corrected chi connectivity index (χ4v) is 1.63. The molecule has 0 aromatic rings. The summed E-state index contributed by atoms with van der Waals surface area (Å²) in [6.07, 6.45) is 1.96. The van der Waals surface area contributed by atoms with Crippen LogP contribution in [0.25, 0.3) is 0 Å². The molecule has 1 heterocycles. The second-order valence-corrected chi connectivity index (χ2v) is 4.57. The molecule has 0 aliphatic carbocycles. The van der Waals surface area contributed by atoms with Gasteiger partial charge in [0.25, 0.3) is 0 Å². The van der Waals surface area contributed by atoms with E-state index in [1.54, 1.807) is 0 Å². The van der Waals surface area contributed by atoms with Crippen molar-refractivity contribution in [3.63, 3.8) is 0 Å². The smallest absolute Gasteiger partial charge is 0.309 e. The van der Waals surface area contributed by atoms with Crippen LogP contribution in [0.1, 0.15) is 40.5 Å². The zero-order chi connectivity index (χ0) is 9.35. The molecule has 0 radical (unpaired) electrons. The topological polar surface area (TPSA) is 26.3 Å². The van der Waals surface area contributed by atoms with E-state index in [0.29, 0.717) is 5.92 Å². The molecular formula is C10H18O2. The van der Waals surface area contributed by atoms with Crippen molar-refractivity contribution in [3.8, 4) is 0 Å². The average molecular weight is 170 g/mol. The first-order valence-electron chi connectivity index (χ1n) is 4.65. The fraction of sp³-hybridized carbons (Fsp3) is 0.900. The molecule has 70 valence electrons. The summed E-state index contributed by atoms with van der Waals surface area (Å²) in [5.41, 5.74) is -0.234. The molecule has 0 bridgehead atoms. The van der Waals surface area contributed by atoms with E-state index in [9.17, 15) is 4.79 Å². The monoisotopic (exact) mass is 170 g/mol. The Morgan fingerprint density at radius 2 is 2.08 bits per heavy atom. The van der Waals surface area contributed by atoms with Gasteiger partial charge in [0.1, 0.15) is 5.60 Å². The lowest BCUT2D eigenvalue weighted by Gasteiger charge is -2.35. The molecular weight excluding hydrogens is 152 g/mol. The Bertz CT molecular complexity index is 182. The summed E-state index contributed by atoms with van der Waals surface area (Å²) in [5, 5.41) is 0. The molecule has 1 atom stereocenters. The number of hydrogen-bond acceptors (Lipinski definition) is 2. The zero-order valence-electron chi connectivity index (χ0n) is 8.39. The predicted molar refractivity (Wildman–Crippen MR) is 47.7 cm³/mol. The Kier molecular flexibility index (Phi) is 2.45. The van der Waals surface area contributed by atoms with E-state index in [1.165, 1.54) is 0 Å². The van der Waals surface area contributed by atoms with E-state index < -0.39 is 0 Å². The van der Waals surface area contributed by atoms with Gasteiger partial charge in [-0.05, 0) is 32.6 Å². The molecule has 0 spiro atoms. The van der Waals surface area contributed by atoms with E-state index >= 15 is 0 Å². The molecule has 0 N–H and O–H groups in total. The number of cyclic esters (lactones) is 1. The van der Waals surface area contributed by atoms with Crippen LogP contribution in [0.3, 0.4) is 0 Å². The third kappa shape index (κ3) is 1.99. The Morgan fingerprint density at radius 3 is 2.50 bits per heavy atom. The molecule has 1 saturated heterocycles. The molecule has 12 heavy (non-hydrogen) atoms. The third-order valence-corrected chi connectivity index (χ3v) is 2.54. The van der Waals surface area contributed by atoms with Gasteiger partial charge in [0.2, 0.25) is 0 Å². The minimum absolute atomic E-state index is 0.0127. The van der Waals surface area contributed by atoms with Crippen LogP contribution >= 0.6 is 0 Å². The Balaban J connectivity index is 2.60. The highest BCUT2D eigenvalue weighted by atomic mass is 16.6. The van der Waals surface area contributed by atoms with Crippen LogP contribution in [0.5, 0.6) is 0 Å². The lowest BCUT2D eigenvalue weighted by atomic mass is 9.84. The first-order valence-corrected chi connectivity index (χ1v) is 4.65. The lowest BCUT2D eigenvalue weighted by molar-refractivity contribution is -0.172. The van der Waals surface area contributed by atoms with Gasteiger partial charge in [0.15, 0.2) is 0 Å². The number of carbonyl (C=O) groups excluding carboxylic acids is 1. The first kappa shape index (κ1) is 9.56. The van der Waals surface area contributed by atoms with E-state index in [1.807, 2.05) is 13.8 Å². The fourth-order valence-electron chi connectivity index (χ4n) is 1.63. The van der Waals surface area contributed by atoms with Crippen LogP contribution in [0.2, 0.25) is 0 Å². The molecule has 1 aliphatic rings. The molecule has 0 aromatic carbocycles. The van der Waals surface area contributed by atoms with Gasteiger partial charge in [-0.2, -0.15) is 0 Å². The number of ether oxygens (including phenoxy) is 1. The highest BCUT2D eigenvalue weighted by Crippen LogP contribution is 2.31. The van der Waals surface area contributed by atoms with Crippen molar-refractivity contribution in [1.29, 1.82) is 0 Å². The number of rotatable bonds is 1. The molecule has 1 aliphatic heterocycles. The normalized spacial score (nSPS) is 28.8. The standard InChI is InChI=1S/C10H18O2/c1-7(2)8-5-6-10(3,4)12-9(8)11/h7-8H,5-6H2,1-4H3/t8-/m1/s1. The Labute approximate surface area is 74.3 Å². The van der Waals surface area contributed by atoms with Crippen molar-refractivity contribution >= 4 is 5.97 Å². The minimum Gasteiger partial charge on any atom is -0.459 e. The summed E-state index contributed by atoms with van der Waals surface area (Å²) < 4.78 is 5.31. The zero-order valence-corrected chi connectivity index (χ0v) is 8.39. The highest BCUT2D eigenvalue weighted by molar-refractivity contribution is 5.73. The number of carbonyl (C=O) groups is 1. The SMILES string of the molecule is CC(C)[C@H]1CCC(C)(C)OC1=O. The van der Waals surface area contributed by atoms with Crippen LogP contribution in [-0.4, -0.2) is 11.6 Å². The molecule has 0 unspecified atom stereocenters. The third-order valence-electron chi connectivity index (χ3n) is 2.54. The van der Waals surface area contributed by atoms with Gasteiger partial charge in [-0.1, -0.05) is 13.8 Å². The highest BCUT2D eigenvalue weighted by Gasteiger charge is 2.36. The first-order chi connectivity index (χ1) is 5.42. The summed E-state index contributed by atoms with van der Waals surface area (Å²) in [4.78, 5) is 11.4. The maximum absolute atomic E-state index is 11.4. The Hall–Kier alpha value is -0.530. The van der Waals surface area contributed by atoms with E-state index in [2.05, 4.69) is 13.8 Å². The summed E-state index contributed by atoms with van der Waals surface area (Å²) in [5.74, 6) is 0.521. The number of esters is 1. The van der Waals surface area contributed by atoms with E-state index in [0.717, 1.165) is 12.8 Å². The maximum Gasteiger partial charge on any atom is 0.309 e. The quantitative estimate of drug-likeness (QED) is 0.565. The number of hydrogen-bond donors (Lipinski definition) is 0. The van der Waals surface area contributed by atoms with Crippen LogP contribution in [0.4, 0.5) is 0 Å². The van der Waals surface area contributed by atoms with Crippen molar-refractivity contribution in [2.24, 2.45) is 11.8 Å². The summed E-state index contributed by atoms with van der Waals surface area (Å²) in [7, 11) is 0.